The number of ketones is 2. The molecular weight excluding hydrogens is 577 g/mol. The van der Waals surface area contributed by atoms with Gasteiger partial charge in [-0.25, -0.2) is 9.18 Å². The minimum Gasteiger partial charge on any atom is -0.454 e. The summed E-state index contributed by atoms with van der Waals surface area (Å²) in [5.74, 6) is -3.73. The highest BCUT2D eigenvalue weighted by Gasteiger charge is 2.80. The molecule has 6 rings (SSSR count). The SMILES string of the molecule is CC1(C)O[C@@H]2C[C@H]3[C@@H]4CCC5=CC(=O)C=C[C@]5(C)C4(F)[C@@H](O)C[C@]3(C)[C@]2(C(=O)COC(=O)c2ccc(CO[N+](=O)[O-])cc2)O1. The van der Waals surface area contributed by atoms with Gasteiger partial charge < -0.3 is 24.2 Å². The fourth-order valence-electron chi connectivity index (χ4n) is 8.99. The molecular formula is C32H36FNO10. The van der Waals surface area contributed by atoms with Gasteiger partial charge in [0.1, 0.15) is 6.61 Å². The van der Waals surface area contributed by atoms with Crippen molar-refractivity contribution in [3.05, 3.63) is 69.3 Å². The number of carbonyl (C=O) groups excluding carboxylic acids is 3. The molecule has 1 aromatic carbocycles. The molecule has 1 aliphatic heterocycles. The maximum Gasteiger partial charge on any atom is 0.338 e. The minimum absolute atomic E-state index is 0.0986. The number of Topliss-reactive ketones (excluding diaryl/α,β-unsaturated/α-hetero) is 1. The van der Waals surface area contributed by atoms with E-state index < -0.39 is 75.4 Å². The molecule has 12 heteroatoms. The third kappa shape index (κ3) is 4.21. The summed E-state index contributed by atoms with van der Waals surface area (Å²) in [5.41, 5.74) is -4.67. The molecule has 4 aliphatic carbocycles. The molecule has 3 saturated carbocycles. The lowest BCUT2D eigenvalue weighted by Gasteiger charge is -2.62. The Hall–Kier alpha value is -3.48. The fourth-order valence-corrected chi connectivity index (χ4v) is 8.99. The Bertz CT molecular complexity index is 1490. The van der Waals surface area contributed by atoms with Crippen LogP contribution in [0.1, 0.15) is 69.3 Å². The van der Waals surface area contributed by atoms with E-state index in [9.17, 15) is 29.6 Å². The number of aliphatic hydroxyl groups is 1. The molecule has 1 N–H and O–H groups in total. The molecule has 0 amide bonds. The molecule has 1 aromatic rings. The van der Waals surface area contributed by atoms with E-state index in [1.807, 2.05) is 6.92 Å². The van der Waals surface area contributed by atoms with E-state index in [1.54, 1.807) is 26.8 Å². The Morgan fingerprint density at radius 1 is 1.16 bits per heavy atom. The normalized spacial score (nSPS) is 39.8. The number of hydrogen-bond acceptors (Lipinski definition) is 10. The molecule has 4 fully saturated rings. The number of nitrogens with zero attached hydrogens (tertiary/aromatic N) is 1. The summed E-state index contributed by atoms with van der Waals surface area (Å²) in [6, 6.07) is 5.78. The van der Waals surface area contributed by atoms with E-state index in [0.29, 0.717) is 30.4 Å². The smallest absolute Gasteiger partial charge is 0.338 e. The lowest BCUT2D eigenvalue weighted by molar-refractivity contribution is -0.763. The van der Waals surface area contributed by atoms with Gasteiger partial charge in [-0.15, -0.1) is 10.1 Å². The number of halogens is 1. The van der Waals surface area contributed by atoms with Crippen molar-refractivity contribution in [2.45, 2.75) is 89.2 Å². The van der Waals surface area contributed by atoms with Crippen molar-refractivity contribution in [1.29, 1.82) is 0 Å². The van der Waals surface area contributed by atoms with Gasteiger partial charge in [-0.2, -0.15) is 0 Å². The van der Waals surface area contributed by atoms with E-state index in [2.05, 4.69) is 4.84 Å². The minimum atomic E-state index is -2.08. The van der Waals surface area contributed by atoms with Gasteiger partial charge >= 0.3 is 5.97 Å². The highest BCUT2D eigenvalue weighted by atomic mass is 19.1. The summed E-state index contributed by atoms with van der Waals surface area (Å²) in [6.45, 7) is 6.03. The number of esters is 1. The number of rotatable bonds is 7. The number of aliphatic hydroxyl groups excluding tert-OH is 1. The number of allylic oxidation sites excluding steroid dienone is 4. The number of alkyl halides is 1. The van der Waals surface area contributed by atoms with Gasteiger partial charge in [0.05, 0.1) is 17.8 Å². The van der Waals surface area contributed by atoms with Crippen molar-refractivity contribution in [2.75, 3.05) is 6.61 Å². The van der Waals surface area contributed by atoms with Gasteiger partial charge in [0.25, 0.3) is 5.09 Å². The molecule has 236 valence electrons. The van der Waals surface area contributed by atoms with Crippen LogP contribution < -0.4 is 0 Å². The van der Waals surface area contributed by atoms with Crippen molar-refractivity contribution >= 4 is 17.5 Å². The second-order valence-electron chi connectivity index (χ2n) is 13.5. The molecule has 0 spiro atoms. The topological polar surface area (TPSA) is 152 Å². The third-order valence-corrected chi connectivity index (χ3v) is 10.9. The lowest BCUT2D eigenvalue weighted by atomic mass is 9.44. The maximum absolute atomic E-state index is 17.5. The maximum atomic E-state index is 17.5. The van der Waals surface area contributed by atoms with Crippen molar-refractivity contribution < 1.29 is 48.0 Å². The highest BCUT2D eigenvalue weighted by molar-refractivity contribution is 6.01. The average molecular weight is 614 g/mol. The zero-order valence-electron chi connectivity index (χ0n) is 25.0. The van der Waals surface area contributed by atoms with E-state index in [-0.39, 0.29) is 24.4 Å². The number of benzene rings is 1. The van der Waals surface area contributed by atoms with E-state index in [1.165, 1.54) is 36.4 Å². The zero-order chi connectivity index (χ0) is 31.9. The Labute approximate surface area is 253 Å². The van der Waals surface area contributed by atoms with Crippen LogP contribution in [-0.2, 0) is 35.2 Å². The second-order valence-corrected chi connectivity index (χ2v) is 13.5. The molecule has 1 saturated heterocycles. The first kappa shape index (κ1) is 30.5. The van der Waals surface area contributed by atoms with Crippen LogP contribution in [-0.4, -0.2) is 63.6 Å². The predicted octanol–water partition coefficient (Wildman–Crippen LogP) is 3.99. The van der Waals surface area contributed by atoms with Gasteiger partial charge in [0, 0.05) is 16.7 Å². The van der Waals surface area contributed by atoms with Crippen LogP contribution in [0.25, 0.3) is 0 Å². The molecule has 44 heavy (non-hydrogen) atoms. The van der Waals surface area contributed by atoms with Gasteiger partial charge in [-0.05, 0) is 82.2 Å². The van der Waals surface area contributed by atoms with Crippen LogP contribution in [0.3, 0.4) is 0 Å². The van der Waals surface area contributed by atoms with Gasteiger partial charge in [0.2, 0.25) is 5.78 Å². The molecule has 5 aliphatic rings. The first-order valence-electron chi connectivity index (χ1n) is 14.8. The average Bonchev–Trinajstić information content (AvgIpc) is 3.37. The molecule has 1 heterocycles. The molecule has 11 nitrogen and oxygen atoms in total. The monoisotopic (exact) mass is 613 g/mol. The first-order chi connectivity index (χ1) is 20.6. The quantitative estimate of drug-likeness (QED) is 0.272. The summed E-state index contributed by atoms with van der Waals surface area (Å²) in [4.78, 5) is 54.0. The zero-order valence-corrected chi connectivity index (χ0v) is 25.0. The second kappa shape index (κ2) is 10.0. The number of ether oxygens (including phenoxy) is 3. The van der Waals surface area contributed by atoms with Crippen LogP contribution in [0.4, 0.5) is 4.39 Å². The van der Waals surface area contributed by atoms with Crippen LogP contribution in [0, 0.1) is 32.8 Å². The fraction of sp³-hybridized carbons (Fsp3) is 0.594. The molecule has 0 radical (unpaired) electrons. The standard InChI is InChI=1S/C32H36FNO10/c1-28(2)43-26-14-23-22-10-9-20-13-21(35)11-12-29(20,3)31(22,33)24(36)15-30(23,4)32(26,44-28)25(37)17-41-27(38)19-7-5-18(6-8-19)16-42-34(39)40/h5-8,11-13,22-24,26,36H,9-10,14-17H2,1-4H3/t22-,23-,24-,26+,29-,30-,31?,32+/m0/s1. The lowest BCUT2D eigenvalue weighted by Crippen LogP contribution is -2.70. The first-order valence-corrected chi connectivity index (χ1v) is 14.8. The summed E-state index contributed by atoms with van der Waals surface area (Å²) < 4.78 is 35.7. The van der Waals surface area contributed by atoms with Crippen molar-refractivity contribution in [2.24, 2.45) is 22.7 Å². The third-order valence-electron chi connectivity index (χ3n) is 10.9. The molecule has 0 bridgehead atoms. The van der Waals surface area contributed by atoms with E-state index in [0.717, 1.165) is 0 Å². The molecule has 8 atom stereocenters. The number of fused-ring (bicyclic) bond motifs is 7. The van der Waals surface area contributed by atoms with Crippen LogP contribution in [0.2, 0.25) is 0 Å². The molecule has 0 aromatic heterocycles. The van der Waals surface area contributed by atoms with E-state index in [4.69, 9.17) is 14.2 Å². The van der Waals surface area contributed by atoms with Crippen molar-refractivity contribution in [3.8, 4) is 0 Å². The summed E-state index contributed by atoms with van der Waals surface area (Å²) >= 11 is 0. The Morgan fingerprint density at radius 2 is 1.86 bits per heavy atom. The Morgan fingerprint density at radius 3 is 2.55 bits per heavy atom. The number of carbonyl (C=O) groups is 3. The van der Waals surface area contributed by atoms with Crippen molar-refractivity contribution in [1.82, 2.24) is 0 Å². The van der Waals surface area contributed by atoms with Gasteiger partial charge in [-0.3, -0.25) is 9.59 Å². The van der Waals surface area contributed by atoms with Crippen LogP contribution >= 0.6 is 0 Å². The number of hydrogen-bond donors (Lipinski definition) is 1. The Balaban J connectivity index is 1.27. The van der Waals surface area contributed by atoms with E-state index >= 15 is 4.39 Å². The van der Waals surface area contributed by atoms with Gasteiger partial charge in [-0.1, -0.05) is 30.7 Å². The van der Waals surface area contributed by atoms with Crippen molar-refractivity contribution in [3.63, 3.8) is 0 Å². The molecule has 1 unspecified atom stereocenters. The summed E-state index contributed by atoms with van der Waals surface area (Å²) in [5, 5.41) is 21.2. The predicted molar refractivity (Wildman–Crippen MR) is 150 cm³/mol. The van der Waals surface area contributed by atoms with Gasteiger partial charge in [0.15, 0.2) is 29.4 Å². The van der Waals surface area contributed by atoms with Crippen LogP contribution in [0.5, 0.6) is 0 Å². The summed E-state index contributed by atoms with van der Waals surface area (Å²) in [6.07, 6.45) is 3.26. The highest BCUT2D eigenvalue weighted by Crippen LogP contribution is 2.72. The Kier molecular flexibility index (Phi) is 6.95. The summed E-state index contributed by atoms with van der Waals surface area (Å²) in [7, 11) is 0. The largest absolute Gasteiger partial charge is 0.454 e. The van der Waals surface area contributed by atoms with Crippen LogP contribution in [0.15, 0.2) is 48.1 Å².